The van der Waals surface area contributed by atoms with Crippen molar-refractivity contribution in [3.8, 4) is 0 Å². The van der Waals surface area contributed by atoms with Crippen molar-refractivity contribution in [3.63, 3.8) is 0 Å². The lowest BCUT2D eigenvalue weighted by atomic mass is 9.82. The molecule has 0 N–H and O–H groups in total. The van der Waals surface area contributed by atoms with Crippen molar-refractivity contribution in [3.05, 3.63) is 10.1 Å². The standard InChI is InChI=1S/C10H19NO2/c1-4-10(7-11(12)13)5-8(2)9(3)6-10/h8-9H,4-7H2,1-3H3/t8-,9+,10?. The van der Waals surface area contributed by atoms with E-state index >= 15 is 0 Å². The van der Waals surface area contributed by atoms with Crippen LogP contribution in [0.2, 0.25) is 0 Å². The van der Waals surface area contributed by atoms with Gasteiger partial charge in [-0.15, -0.1) is 0 Å². The van der Waals surface area contributed by atoms with Gasteiger partial charge in [-0.3, -0.25) is 10.1 Å². The minimum atomic E-state index is -0.145. The first-order valence-electron chi connectivity index (χ1n) is 5.11. The molecule has 1 fully saturated rings. The predicted octanol–water partition coefficient (Wildman–Crippen LogP) is 2.73. The molecule has 0 bridgehead atoms. The van der Waals surface area contributed by atoms with Crippen LogP contribution >= 0.6 is 0 Å². The quantitative estimate of drug-likeness (QED) is 0.501. The third-order valence-electron chi connectivity index (χ3n) is 3.70. The van der Waals surface area contributed by atoms with Gasteiger partial charge in [0.15, 0.2) is 0 Å². The highest BCUT2D eigenvalue weighted by Crippen LogP contribution is 2.47. The Bertz CT molecular complexity index is 193. The van der Waals surface area contributed by atoms with Gasteiger partial charge in [0.25, 0.3) is 0 Å². The van der Waals surface area contributed by atoms with E-state index in [1.165, 1.54) is 0 Å². The van der Waals surface area contributed by atoms with Gasteiger partial charge in [0.2, 0.25) is 6.54 Å². The Hall–Kier alpha value is -0.600. The van der Waals surface area contributed by atoms with E-state index in [1.54, 1.807) is 0 Å². The summed E-state index contributed by atoms with van der Waals surface area (Å²) in [5.74, 6) is 1.31. The molecule has 1 aliphatic carbocycles. The van der Waals surface area contributed by atoms with Gasteiger partial charge in [-0.25, -0.2) is 0 Å². The molecule has 1 saturated carbocycles. The highest BCUT2D eigenvalue weighted by Gasteiger charge is 2.43. The second-order valence-electron chi connectivity index (χ2n) is 4.71. The van der Waals surface area contributed by atoms with Crippen LogP contribution < -0.4 is 0 Å². The first-order chi connectivity index (χ1) is 5.99. The number of hydrogen-bond acceptors (Lipinski definition) is 2. The summed E-state index contributed by atoms with van der Waals surface area (Å²) in [7, 11) is 0. The second-order valence-corrected chi connectivity index (χ2v) is 4.71. The van der Waals surface area contributed by atoms with Gasteiger partial charge < -0.3 is 0 Å². The Morgan fingerprint density at radius 1 is 1.38 bits per heavy atom. The molecule has 0 aromatic carbocycles. The van der Waals surface area contributed by atoms with E-state index in [-0.39, 0.29) is 16.9 Å². The molecule has 3 atom stereocenters. The molecule has 0 radical (unpaired) electrons. The zero-order chi connectivity index (χ0) is 10.1. The number of nitro groups is 1. The molecule has 0 heterocycles. The average Bonchev–Trinajstić information content (AvgIpc) is 2.27. The van der Waals surface area contributed by atoms with Crippen molar-refractivity contribution in [1.29, 1.82) is 0 Å². The topological polar surface area (TPSA) is 43.1 Å². The van der Waals surface area contributed by atoms with Crippen LogP contribution in [0.4, 0.5) is 0 Å². The predicted molar refractivity (Wildman–Crippen MR) is 52.1 cm³/mol. The van der Waals surface area contributed by atoms with Gasteiger partial charge in [-0.1, -0.05) is 20.8 Å². The summed E-state index contributed by atoms with van der Waals surface area (Å²) in [5.41, 5.74) is 0.00231. The maximum Gasteiger partial charge on any atom is 0.209 e. The SMILES string of the molecule is CCC1(C[N+](=O)[O-])C[C@@H](C)[C@@H](C)C1. The van der Waals surface area contributed by atoms with Crippen LogP contribution in [0.25, 0.3) is 0 Å². The van der Waals surface area contributed by atoms with Crippen LogP contribution in [0, 0.1) is 27.4 Å². The monoisotopic (exact) mass is 185 g/mol. The highest BCUT2D eigenvalue weighted by molar-refractivity contribution is 4.89. The molecule has 1 aliphatic rings. The molecule has 13 heavy (non-hydrogen) atoms. The van der Waals surface area contributed by atoms with Gasteiger partial charge >= 0.3 is 0 Å². The van der Waals surface area contributed by atoms with Crippen LogP contribution in [0.15, 0.2) is 0 Å². The van der Waals surface area contributed by atoms with Crippen LogP contribution in [-0.4, -0.2) is 11.5 Å². The normalized spacial score (nSPS) is 39.3. The molecule has 0 aliphatic heterocycles. The van der Waals surface area contributed by atoms with E-state index in [4.69, 9.17) is 0 Å². The van der Waals surface area contributed by atoms with Gasteiger partial charge in [-0.2, -0.15) is 0 Å². The summed E-state index contributed by atoms with van der Waals surface area (Å²) >= 11 is 0. The van der Waals surface area contributed by atoms with Crippen molar-refractivity contribution >= 4 is 0 Å². The molecule has 3 heteroatoms. The maximum atomic E-state index is 10.5. The number of nitrogens with zero attached hydrogens (tertiary/aromatic N) is 1. The van der Waals surface area contributed by atoms with Crippen molar-refractivity contribution in [2.75, 3.05) is 6.54 Å². The molecule has 1 unspecified atom stereocenters. The first-order valence-corrected chi connectivity index (χ1v) is 5.11. The Morgan fingerprint density at radius 2 is 1.85 bits per heavy atom. The molecule has 0 aromatic rings. The summed E-state index contributed by atoms with van der Waals surface area (Å²) in [6.07, 6.45) is 3.01. The van der Waals surface area contributed by atoms with Crippen LogP contribution in [0.3, 0.4) is 0 Å². The van der Waals surface area contributed by atoms with E-state index in [0.29, 0.717) is 11.8 Å². The molecule has 0 amide bonds. The Balaban J connectivity index is 2.67. The van der Waals surface area contributed by atoms with E-state index in [2.05, 4.69) is 20.8 Å². The largest absolute Gasteiger partial charge is 0.265 e. The van der Waals surface area contributed by atoms with Crippen molar-refractivity contribution in [2.45, 2.75) is 40.0 Å². The lowest BCUT2D eigenvalue weighted by Gasteiger charge is -2.22. The van der Waals surface area contributed by atoms with E-state index in [0.717, 1.165) is 19.3 Å². The smallest absolute Gasteiger partial charge is 0.209 e. The van der Waals surface area contributed by atoms with E-state index < -0.39 is 0 Å². The second kappa shape index (κ2) is 3.64. The third kappa shape index (κ3) is 2.20. The average molecular weight is 185 g/mol. The zero-order valence-electron chi connectivity index (χ0n) is 8.75. The lowest BCUT2D eigenvalue weighted by Crippen LogP contribution is -2.26. The molecule has 0 aromatic heterocycles. The summed E-state index contributed by atoms with van der Waals surface area (Å²) in [4.78, 5) is 10.4. The molecule has 0 spiro atoms. The molecule has 1 rings (SSSR count). The van der Waals surface area contributed by atoms with Crippen molar-refractivity contribution in [1.82, 2.24) is 0 Å². The van der Waals surface area contributed by atoms with Crippen molar-refractivity contribution < 1.29 is 4.92 Å². The Kier molecular flexibility index (Phi) is 2.94. The van der Waals surface area contributed by atoms with Gasteiger partial charge in [0.1, 0.15) is 0 Å². The summed E-state index contributed by atoms with van der Waals surface area (Å²) in [6, 6.07) is 0. The summed E-state index contributed by atoms with van der Waals surface area (Å²) in [6.45, 7) is 6.66. The molecular weight excluding hydrogens is 166 g/mol. The van der Waals surface area contributed by atoms with Gasteiger partial charge in [-0.05, 0) is 31.1 Å². The lowest BCUT2D eigenvalue weighted by molar-refractivity contribution is -0.497. The summed E-state index contributed by atoms with van der Waals surface area (Å²) < 4.78 is 0. The molecule has 0 saturated heterocycles. The Labute approximate surface area is 79.7 Å². The van der Waals surface area contributed by atoms with E-state index in [9.17, 15) is 10.1 Å². The summed E-state index contributed by atoms with van der Waals surface area (Å²) in [5, 5.41) is 10.5. The minimum absolute atomic E-state index is 0.00231. The van der Waals surface area contributed by atoms with Gasteiger partial charge in [0, 0.05) is 10.3 Å². The van der Waals surface area contributed by atoms with Gasteiger partial charge in [0.05, 0.1) is 0 Å². The highest BCUT2D eigenvalue weighted by atomic mass is 16.6. The maximum absolute atomic E-state index is 10.5. The van der Waals surface area contributed by atoms with Crippen LogP contribution in [0.5, 0.6) is 0 Å². The van der Waals surface area contributed by atoms with Crippen LogP contribution in [0.1, 0.15) is 40.0 Å². The fourth-order valence-electron chi connectivity index (χ4n) is 2.66. The zero-order valence-corrected chi connectivity index (χ0v) is 8.75. The Morgan fingerprint density at radius 3 is 2.15 bits per heavy atom. The van der Waals surface area contributed by atoms with Crippen molar-refractivity contribution in [2.24, 2.45) is 17.3 Å². The van der Waals surface area contributed by atoms with Crippen LogP contribution in [-0.2, 0) is 0 Å². The molecule has 3 nitrogen and oxygen atoms in total. The minimum Gasteiger partial charge on any atom is -0.265 e. The fraction of sp³-hybridized carbons (Fsp3) is 1.00. The molecular formula is C10H19NO2. The number of rotatable bonds is 3. The first kappa shape index (κ1) is 10.5. The number of hydrogen-bond donors (Lipinski definition) is 0. The fourth-order valence-corrected chi connectivity index (χ4v) is 2.66. The third-order valence-corrected chi connectivity index (χ3v) is 3.70. The molecule has 76 valence electrons. The van der Waals surface area contributed by atoms with E-state index in [1.807, 2.05) is 0 Å².